The second-order valence-corrected chi connectivity index (χ2v) is 16.0. The van der Waals surface area contributed by atoms with Crippen molar-refractivity contribution < 1.29 is 14.4 Å². The van der Waals surface area contributed by atoms with Gasteiger partial charge in [-0.2, -0.15) is 0 Å². The van der Waals surface area contributed by atoms with E-state index in [1.165, 1.54) is 0 Å². The van der Waals surface area contributed by atoms with Crippen LogP contribution in [0.15, 0.2) is 24.3 Å². The quantitative estimate of drug-likeness (QED) is 0.432. The van der Waals surface area contributed by atoms with Gasteiger partial charge in [-0.1, -0.05) is 30.7 Å². The average Bonchev–Trinajstić information content (AvgIpc) is 3.64. The van der Waals surface area contributed by atoms with Crippen LogP contribution in [0.5, 0.6) is 0 Å². The van der Waals surface area contributed by atoms with Gasteiger partial charge in [-0.05, 0) is 90.3 Å². The van der Waals surface area contributed by atoms with E-state index in [1.807, 2.05) is 34.1 Å². The maximum absolute atomic E-state index is 14.9. The van der Waals surface area contributed by atoms with Crippen molar-refractivity contribution in [3.63, 3.8) is 0 Å². The number of halogens is 1. The standard InChI is InChI=1S/C36H56ClN5O3/c1-24(2)38-16-18-39(19-17-38)35(45)33-20-30(42(26(4)43)29-14-8-25(3)9-15-29)21-41(33)34(44)32-23-40(36(5,6)7)22-31(32)27-10-12-28(37)13-11-27/h10-13,24-25,29-33H,8-9,14-23H2,1-7H3/t25-,29+,30-,31-,32+,33+/m0/s1. The Bertz CT molecular complexity index is 1200. The summed E-state index contributed by atoms with van der Waals surface area (Å²) in [5.41, 5.74) is 1.01. The molecule has 0 spiro atoms. The van der Waals surface area contributed by atoms with Gasteiger partial charge in [-0.15, -0.1) is 0 Å². The molecule has 1 saturated carbocycles. The zero-order chi connectivity index (χ0) is 32.6. The Balaban J connectivity index is 1.44. The number of likely N-dealkylation sites (tertiary alicyclic amines) is 2. The molecule has 0 unspecified atom stereocenters. The highest BCUT2D eigenvalue weighted by Crippen LogP contribution is 2.40. The van der Waals surface area contributed by atoms with Crippen molar-refractivity contribution in [3.8, 4) is 0 Å². The van der Waals surface area contributed by atoms with Crippen molar-refractivity contribution in [2.75, 3.05) is 45.8 Å². The van der Waals surface area contributed by atoms with E-state index in [1.54, 1.807) is 6.92 Å². The molecule has 0 bridgehead atoms. The first-order chi connectivity index (χ1) is 21.2. The Labute approximate surface area is 276 Å². The van der Waals surface area contributed by atoms with Crippen LogP contribution in [0.1, 0.15) is 92.1 Å². The number of rotatable bonds is 6. The van der Waals surface area contributed by atoms with Crippen LogP contribution in [0.2, 0.25) is 5.02 Å². The van der Waals surface area contributed by atoms with Crippen molar-refractivity contribution in [2.24, 2.45) is 11.8 Å². The van der Waals surface area contributed by atoms with E-state index in [-0.39, 0.29) is 47.2 Å². The number of benzene rings is 1. The average molecular weight is 642 g/mol. The summed E-state index contributed by atoms with van der Waals surface area (Å²) in [6, 6.07) is 7.82. The molecule has 250 valence electrons. The molecule has 1 aliphatic carbocycles. The van der Waals surface area contributed by atoms with Gasteiger partial charge in [-0.25, -0.2) is 0 Å². The van der Waals surface area contributed by atoms with E-state index in [0.29, 0.717) is 49.6 Å². The number of carbonyl (C=O) groups excluding carboxylic acids is 3. The molecule has 3 heterocycles. The first kappa shape index (κ1) is 34.2. The zero-order valence-corrected chi connectivity index (χ0v) is 29.4. The molecule has 3 aliphatic heterocycles. The van der Waals surface area contributed by atoms with Crippen LogP contribution in [0.25, 0.3) is 0 Å². The van der Waals surface area contributed by atoms with E-state index >= 15 is 0 Å². The molecular weight excluding hydrogens is 586 g/mol. The van der Waals surface area contributed by atoms with Crippen LogP contribution < -0.4 is 0 Å². The summed E-state index contributed by atoms with van der Waals surface area (Å²) in [6.07, 6.45) is 4.72. The van der Waals surface area contributed by atoms with Crippen LogP contribution in [-0.4, -0.2) is 118 Å². The molecule has 0 N–H and O–H groups in total. The fraction of sp³-hybridized carbons (Fsp3) is 0.750. The molecule has 1 aromatic rings. The van der Waals surface area contributed by atoms with E-state index < -0.39 is 6.04 Å². The highest BCUT2D eigenvalue weighted by molar-refractivity contribution is 6.30. The van der Waals surface area contributed by atoms with Gasteiger partial charge in [0.2, 0.25) is 17.7 Å². The molecule has 0 aromatic heterocycles. The summed E-state index contributed by atoms with van der Waals surface area (Å²) in [5.74, 6) is 0.548. The van der Waals surface area contributed by atoms with Crippen molar-refractivity contribution in [1.82, 2.24) is 24.5 Å². The third-order valence-corrected chi connectivity index (χ3v) is 11.5. The van der Waals surface area contributed by atoms with Gasteiger partial charge in [0.1, 0.15) is 6.04 Å². The number of amides is 3. The number of hydrogen-bond donors (Lipinski definition) is 0. The lowest BCUT2D eigenvalue weighted by Crippen LogP contribution is -2.56. The smallest absolute Gasteiger partial charge is 0.245 e. The lowest BCUT2D eigenvalue weighted by atomic mass is 9.86. The molecular formula is C36H56ClN5O3. The largest absolute Gasteiger partial charge is 0.338 e. The van der Waals surface area contributed by atoms with Gasteiger partial charge < -0.3 is 14.7 Å². The van der Waals surface area contributed by atoms with Crippen LogP contribution >= 0.6 is 11.6 Å². The second-order valence-electron chi connectivity index (χ2n) is 15.5. The van der Waals surface area contributed by atoms with Crippen LogP contribution in [-0.2, 0) is 14.4 Å². The van der Waals surface area contributed by atoms with Gasteiger partial charge >= 0.3 is 0 Å². The third-order valence-electron chi connectivity index (χ3n) is 11.2. The molecule has 4 atom stereocenters. The molecule has 45 heavy (non-hydrogen) atoms. The maximum atomic E-state index is 14.9. The number of hydrogen-bond acceptors (Lipinski definition) is 5. The van der Waals surface area contributed by atoms with E-state index in [4.69, 9.17) is 11.6 Å². The van der Waals surface area contributed by atoms with Crippen molar-refractivity contribution >= 4 is 29.3 Å². The fourth-order valence-corrected chi connectivity index (χ4v) is 8.48. The Morgan fingerprint density at radius 2 is 1.49 bits per heavy atom. The fourth-order valence-electron chi connectivity index (χ4n) is 8.36. The second kappa shape index (κ2) is 13.9. The van der Waals surface area contributed by atoms with E-state index in [9.17, 15) is 14.4 Å². The molecule has 3 amide bonds. The first-order valence-electron chi connectivity index (χ1n) is 17.4. The first-order valence-corrected chi connectivity index (χ1v) is 17.7. The molecule has 1 aromatic carbocycles. The Hall–Kier alpha value is -2.16. The summed E-state index contributed by atoms with van der Waals surface area (Å²) >= 11 is 6.26. The minimum absolute atomic E-state index is 0.00197. The van der Waals surface area contributed by atoms with Crippen LogP contribution in [0, 0.1) is 11.8 Å². The minimum Gasteiger partial charge on any atom is -0.338 e. The van der Waals surface area contributed by atoms with Crippen LogP contribution in [0.4, 0.5) is 0 Å². The highest BCUT2D eigenvalue weighted by Gasteiger charge is 2.50. The van der Waals surface area contributed by atoms with Gasteiger partial charge in [0, 0.05) is 81.3 Å². The monoisotopic (exact) mass is 641 g/mol. The van der Waals surface area contributed by atoms with Gasteiger partial charge in [-0.3, -0.25) is 24.2 Å². The van der Waals surface area contributed by atoms with Gasteiger partial charge in [0.05, 0.1) is 12.0 Å². The summed E-state index contributed by atoms with van der Waals surface area (Å²) < 4.78 is 0. The van der Waals surface area contributed by atoms with E-state index in [0.717, 1.165) is 50.9 Å². The topological polar surface area (TPSA) is 67.4 Å². The molecule has 8 nitrogen and oxygen atoms in total. The van der Waals surface area contributed by atoms with Gasteiger partial charge in [0.25, 0.3) is 0 Å². The van der Waals surface area contributed by atoms with Gasteiger partial charge in [0.15, 0.2) is 0 Å². The van der Waals surface area contributed by atoms with E-state index in [2.05, 4.69) is 56.2 Å². The number of nitrogens with zero attached hydrogens (tertiary/aromatic N) is 5. The molecule has 9 heteroatoms. The van der Waals surface area contributed by atoms with Crippen molar-refractivity contribution in [3.05, 3.63) is 34.9 Å². The molecule has 5 rings (SSSR count). The summed E-state index contributed by atoms with van der Waals surface area (Å²) in [6.45, 7) is 19.8. The van der Waals surface area contributed by atoms with Crippen molar-refractivity contribution in [1.29, 1.82) is 0 Å². The SMILES string of the molecule is CC(=O)N([C@H]1C[C@H](C(=O)N2CCN(C(C)C)CC2)N(C(=O)[C@@H]2CN(C(C)(C)C)C[C@H]2c2ccc(Cl)cc2)C1)[C@H]1CC[C@@H](C)CC1. The summed E-state index contributed by atoms with van der Waals surface area (Å²) in [7, 11) is 0. The summed E-state index contributed by atoms with van der Waals surface area (Å²) in [5, 5.41) is 0.680. The highest BCUT2D eigenvalue weighted by atomic mass is 35.5. The molecule has 4 fully saturated rings. The Kier molecular flexibility index (Phi) is 10.6. The lowest BCUT2D eigenvalue weighted by molar-refractivity contribution is -0.147. The molecule has 4 aliphatic rings. The minimum atomic E-state index is -0.549. The zero-order valence-electron chi connectivity index (χ0n) is 28.7. The molecule has 3 saturated heterocycles. The normalized spacial score (nSPS) is 30.2. The predicted octanol–water partition coefficient (Wildman–Crippen LogP) is 5.10. The Morgan fingerprint density at radius 3 is 2.04 bits per heavy atom. The van der Waals surface area contributed by atoms with Crippen LogP contribution in [0.3, 0.4) is 0 Å². The predicted molar refractivity (Wildman–Crippen MR) is 180 cm³/mol. The number of piperazine rings is 1. The third kappa shape index (κ3) is 7.54. The summed E-state index contributed by atoms with van der Waals surface area (Å²) in [4.78, 5) is 53.2. The maximum Gasteiger partial charge on any atom is 0.245 e. The van der Waals surface area contributed by atoms with Crippen molar-refractivity contribution in [2.45, 2.75) is 116 Å². The molecule has 0 radical (unpaired) electrons. The lowest BCUT2D eigenvalue weighted by Gasteiger charge is -2.39. The number of carbonyl (C=O) groups is 3. The Morgan fingerprint density at radius 1 is 0.867 bits per heavy atom.